The summed E-state index contributed by atoms with van der Waals surface area (Å²) in [7, 11) is 4.28. The zero-order valence-corrected chi connectivity index (χ0v) is 20.2. The van der Waals surface area contributed by atoms with Gasteiger partial charge >= 0.3 is 0 Å². The monoisotopic (exact) mass is 507 g/mol. The van der Waals surface area contributed by atoms with Gasteiger partial charge in [-0.15, -0.1) is 24.0 Å². The molecule has 0 aromatic heterocycles. The van der Waals surface area contributed by atoms with E-state index in [-0.39, 0.29) is 24.0 Å². The summed E-state index contributed by atoms with van der Waals surface area (Å²) >= 11 is 5.98. The van der Waals surface area contributed by atoms with Gasteiger partial charge in [-0.2, -0.15) is 0 Å². The van der Waals surface area contributed by atoms with Crippen LogP contribution < -0.4 is 5.32 Å². The second-order valence-electron chi connectivity index (χ2n) is 7.39. The number of nitrogens with zero attached hydrogens (tertiary/aromatic N) is 4. The molecule has 0 amide bonds. The van der Waals surface area contributed by atoms with Crippen LogP contribution in [-0.2, 0) is 6.54 Å². The number of likely N-dealkylation sites (N-methyl/N-ethyl adjacent to an activating group) is 1. The van der Waals surface area contributed by atoms with Crippen molar-refractivity contribution in [3.05, 3.63) is 34.9 Å². The molecule has 154 valence electrons. The van der Waals surface area contributed by atoms with Crippen LogP contribution in [0, 0.1) is 5.92 Å². The summed E-state index contributed by atoms with van der Waals surface area (Å²) in [5.74, 6) is 1.52. The number of aliphatic imine (C=N–C) groups is 1. The van der Waals surface area contributed by atoms with Gasteiger partial charge in [0.15, 0.2) is 5.96 Å². The third-order valence-electron chi connectivity index (χ3n) is 4.75. The summed E-state index contributed by atoms with van der Waals surface area (Å²) in [5, 5.41) is 4.18. The highest BCUT2D eigenvalue weighted by Gasteiger charge is 2.16. The van der Waals surface area contributed by atoms with Crippen molar-refractivity contribution >= 4 is 41.5 Å². The molecule has 1 atom stereocenters. The van der Waals surface area contributed by atoms with Gasteiger partial charge in [0.1, 0.15) is 0 Å². The Morgan fingerprint density at radius 2 is 1.85 bits per heavy atom. The Bertz CT molecular complexity index is 558. The van der Waals surface area contributed by atoms with Gasteiger partial charge in [-0.25, -0.2) is 0 Å². The van der Waals surface area contributed by atoms with Gasteiger partial charge in [0, 0.05) is 64.4 Å². The van der Waals surface area contributed by atoms with Gasteiger partial charge in [-0.05, 0) is 37.6 Å². The lowest BCUT2D eigenvalue weighted by Gasteiger charge is -2.33. The molecule has 1 heterocycles. The number of nitrogens with one attached hydrogen (secondary N) is 1. The van der Waals surface area contributed by atoms with Crippen molar-refractivity contribution in [1.82, 2.24) is 20.0 Å². The maximum Gasteiger partial charge on any atom is 0.193 e. The van der Waals surface area contributed by atoms with E-state index in [4.69, 9.17) is 16.6 Å². The zero-order valence-electron chi connectivity index (χ0n) is 17.1. The minimum Gasteiger partial charge on any atom is -0.357 e. The van der Waals surface area contributed by atoms with Crippen molar-refractivity contribution in [2.24, 2.45) is 10.9 Å². The molecule has 1 aromatic carbocycles. The predicted molar refractivity (Wildman–Crippen MR) is 127 cm³/mol. The van der Waals surface area contributed by atoms with E-state index in [2.05, 4.69) is 60.1 Å². The number of guanidine groups is 1. The highest BCUT2D eigenvalue weighted by Crippen LogP contribution is 2.11. The van der Waals surface area contributed by atoms with Crippen molar-refractivity contribution in [3.8, 4) is 0 Å². The second kappa shape index (κ2) is 12.8. The van der Waals surface area contributed by atoms with Crippen molar-refractivity contribution in [1.29, 1.82) is 0 Å². The van der Waals surface area contributed by atoms with Crippen LogP contribution in [0.3, 0.4) is 0 Å². The van der Waals surface area contributed by atoms with Crippen molar-refractivity contribution in [2.75, 3.05) is 59.9 Å². The maximum atomic E-state index is 5.98. The topological polar surface area (TPSA) is 34.1 Å². The fourth-order valence-corrected chi connectivity index (χ4v) is 3.31. The molecular formula is C20H35ClIN5. The van der Waals surface area contributed by atoms with Crippen molar-refractivity contribution in [2.45, 2.75) is 20.4 Å². The first-order valence-electron chi connectivity index (χ1n) is 9.62. The molecule has 1 aromatic rings. The Balaban J connectivity index is 0.00000364. The molecule has 1 N–H and O–H groups in total. The molecule has 1 saturated heterocycles. The molecule has 27 heavy (non-hydrogen) atoms. The lowest BCUT2D eigenvalue weighted by molar-refractivity contribution is 0.140. The predicted octanol–water partition coefficient (Wildman–Crippen LogP) is 3.24. The highest BCUT2D eigenvalue weighted by atomic mass is 127. The molecule has 1 fully saturated rings. The molecule has 5 nitrogen and oxygen atoms in total. The fourth-order valence-electron chi connectivity index (χ4n) is 3.18. The van der Waals surface area contributed by atoms with E-state index >= 15 is 0 Å². The van der Waals surface area contributed by atoms with Crippen LogP contribution in [0.4, 0.5) is 0 Å². The molecule has 2 rings (SSSR count). The number of hydrogen-bond donors (Lipinski definition) is 1. The van der Waals surface area contributed by atoms with Gasteiger partial charge in [0.25, 0.3) is 0 Å². The second-order valence-corrected chi connectivity index (χ2v) is 7.82. The van der Waals surface area contributed by atoms with Gasteiger partial charge in [0.2, 0.25) is 0 Å². The van der Waals surface area contributed by atoms with Crippen LogP contribution in [0.5, 0.6) is 0 Å². The quantitative estimate of drug-likeness (QED) is 0.349. The number of hydrogen-bond acceptors (Lipinski definition) is 3. The minimum absolute atomic E-state index is 0. The normalized spacial score (nSPS) is 17.3. The Morgan fingerprint density at radius 1 is 1.22 bits per heavy atom. The van der Waals surface area contributed by atoms with Crippen molar-refractivity contribution < 1.29 is 0 Å². The standard InChI is InChI=1S/C20H34ClN5.HI/c1-5-22-20(25(4)16-18-6-8-19(21)9-7-18)23-14-17(2)15-26-12-10-24(3)11-13-26;/h6-9,17H,5,10-16H2,1-4H3,(H,22,23);1H. The SMILES string of the molecule is CCNC(=NCC(C)CN1CCN(C)CC1)N(C)Cc1ccc(Cl)cc1.I. The fraction of sp³-hybridized carbons (Fsp3) is 0.650. The van der Waals surface area contributed by atoms with E-state index in [0.717, 1.165) is 37.2 Å². The van der Waals surface area contributed by atoms with E-state index in [1.807, 2.05) is 12.1 Å². The third kappa shape index (κ3) is 8.98. The molecule has 0 spiro atoms. The first kappa shape index (κ1) is 24.5. The van der Waals surface area contributed by atoms with Gasteiger partial charge < -0.3 is 20.0 Å². The van der Waals surface area contributed by atoms with E-state index in [1.54, 1.807) is 0 Å². The van der Waals surface area contributed by atoms with Gasteiger partial charge in [-0.3, -0.25) is 4.99 Å². The van der Waals surface area contributed by atoms with Crippen LogP contribution >= 0.6 is 35.6 Å². The Labute approximate surface area is 187 Å². The van der Waals surface area contributed by atoms with Crippen molar-refractivity contribution in [3.63, 3.8) is 0 Å². The third-order valence-corrected chi connectivity index (χ3v) is 5.00. The van der Waals surface area contributed by atoms with Crippen LogP contribution in [0.25, 0.3) is 0 Å². The maximum absolute atomic E-state index is 5.98. The van der Waals surface area contributed by atoms with Crippen LogP contribution in [0.2, 0.25) is 5.02 Å². The van der Waals surface area contributed by atoms with E-state index in [9.17, 15) is 0 Å². The molecule has 0 radical (unpaired) electrons. The Kier molecular flexibility index (Phi) is 11.6. The van der Waals surface area contributed by atoms with E-state index in [0.29, 0.717) is 5.92 Å². The highest BCUT2D eigenvalue weighted by molar-refractivity contribution is 14.0. The van der Waals surface area contributed by atoms with Crippen LogP contribution in [0.15, 0.2) is 29.3 Å². The zero-order chi connectivity index (χ0) is 18.9. The summed E-state index contributed by atoms with van der Waals surface area (Å²) in [6.07, 6.45) is 0. The molecule has 1 aliphatic heterocycles. The first-order chi connectivity index (χ1) is 12.5. The summed E-state index contributed by atoms with van der Waals surface area (Å²) in [6, 6.07) is 8.01. The molecule has 1 unspecified atom stereocenters. The van der Waals surface area contributed by atoms with E-state index in [1.165, 1.54) is 31.7 Å². The Hall–Kier alpha value is -0.570. The minimum atomic E-state index is 0. The summed E-state index contributed by atoms with van der Waals surface area (Å²) in [6.45, 7) is 12.7. The van der Waals surface area contributed by atoms with Gasteiger partial charge in [-0.1, -0.05) is 30.7 Å². The molecule has 1 aliphatic rings. The summed E-state index contributed by atoms with van der Waals surface area (Å²) in [4.78, 5) is 12.0. The van der Waals surface area contributed by atoms with E-state index < -0.39 is 0 Å². The Morgan fingerprint density at radius 3 is 2.44 bits per heavy atom. The molecule has 0 saturated carbocycles. The van der Waals surface area contributed by atoms with Crippen LogP contribution in [-0.4, -0.2) is 80.6 Å². The van der Waals surface area contributed by atoms with Gasteiger partial charge in [0.05, 0.1) is 0 Å². The number of rotatable bonds is 7. The first-order valence-corrected chi connectivity index (χ1v) is 10.0. The summed E-state index contributed by atoms with van der Waals surface area (Å²) < 4.78 is 0. The molecule has 7 heteroatoms. The molecule has 0 bridgehead atoms. The molecule has 0 aliphatic carbocycles. The number of piperazine rings is 1. The summed E-state index contributed by atoms with van der Waals surface area (Å²) in [5.41, 5.74) is 1.23. The average Bonchev–Trinajstić information content (AvgIpc) is 2.62. The smallest absolute Gasteiger partial charge is 0.193 e. The average molecular weight is 508 g/mol. The molecular weight excluding hydrogens is 473 g/mol. The number of halogens is 2. The van der Waals surface area contributed by atoms with Crippen LogP contribution in [0.1, 0.15) is 19.4 Å². The lowest BCUT2D eigenvalue weighted by Crippen LogP contribution is -2.46. The number of benzene rings is 1. The largest absolute Gasteiger partial charge is 0.357 e. The lowest BCUT2D eigenvalue weighted by atomic mass is 10.1.